The molecule has 0 bridgehead atoms. The third-order valence-electron chi connectivity index (χ3n) is 5.80. The van der Waals surface area contributed by atoms with Gasteiger partial charge in [0.05, 0.1) is 17.9 Å². The Balaban J connectivity index is 1.30. The van der Waals surface area contributed by atoms with Crippen molar-refractivity contribution >= 4 is 51.2 Å². The Morgan fingerprint density at radius 1 is 1.17 bits per heavy atom. The van der Waals surface area contributed by atoms with Gasteiger partial charge in [0.2, 0.25) is 5.91 Å². The fraction of sp³-hybridized carbons (Fsp3) is 0.217. The van der Waals surface area contributed by atoms with Crippen molar-refractivity contribution in [1.82, 2.24) is 9.97 Å². The van der Waals surface area contributed by atoms with E-state index in [1.165, 1.54) is 18.1 Å². The Morgan fingerprint density at radius 3 is 2.97 bits per heavy atom. The summed E-state index contributed by atoms with van der Waals surface area (Å²) in [5.41, 5.74) is 5.93. The van der Waals surface area contributed by atoms with Crippen molar-refractivity contribution in [2.75, 3.05) is 17.2 Å². The van der Waals surface area contributed by atoms with Crippen molar-refractivity contribution in [2.45, 2.75) is 24.3 Å². The molecular formula is C23H17N3O3S. The number of nitrogens with zero attached hydrogens (tertiary/aromatic N) is 3. The molecule has 2 aromatic heterocycles. The number of rotatable bonds is 4. The number of amides is 1. The van der Waals surface area contributed by atoms with Gasteiger partial charge in [-0.3, -0.25) is 9.59 Å². The van der Waals surface area contributed by atoms with E-state index in [4.69, 9.17) is 4.42 Å². The number of fused-ring (bicyclic) bond motifs is 3. The first-order valence-corrected chi connectivity index (χ1v) is 10.9. The zero-order chi connectivity index (χ0) is 20.2. The van der Waals surface area contributed by atoms with Gasteiger partial charge < -0.3 is 9.32 Å². The fourth-order valence-corrected chi connectivity index (χ4v) is 5.29. The minimum atomic E-state index is 0.0263. The van der Waals surface area contributed by atoms with Gasteiger partial charge in [-0.1, -0.05) is 23.9 Å². The van der Waals surface area contributed by atoms with Crippen LogP contribution in [0.1, 0.15) is 27.9 Å². The van der Waals surface area contributed by atoms with Crippen LogP contribution in [0.5, 0.6) is 0 Å². The van der Waals surface area contributed by atoms with Crippen LogP contribution in [0.25, 0.3) is 22.1 Å². The number of aryl methyl sites for hydroxylation is 1. The number of Topliss-reactive ketones (excluding diaryl/α,β-unsaturated/α-hetero) is 1. The van der Waals surface area contributed by atoms with Gasteiger partial charge in [0.15, 0.2) is 11.4 Å². The fourth-order valence-electron chi connectivity index (χ4n) is 4.46. The molecule has 4 aromatic rings. The van der Waals surface area contributed by atoms with E-state index in [-0.39, 0.29) is 17.4 Å². The first kappa shape index (κ1) is 17.7. The lowest BCUT2D eigenvalue weighted by Crippen LogP contribution is -2.31. The van der Waals surface area contributed by atoms with Gasteiger partial charge in [0, 0.05) is 17.5 Å². The molecule has 0 spiro atoms. The molecule has 0 radical (unpaired) electrons. The number of ketones is 1. The molecule has 2 aliphatic heterocycles. The van der Waals surface area contributed by atoms with Gasteiger partial charge in [-0.05, 0) is 48.2 Å². The van der Waals surface area contributed by atoms with Gasteiger partial charge in [-0.25, -0.2) is 9.97 Å². The molecule has 0 fully saturated rings. The number of benzene rings is 2. The van der Waals surface area contributed by atoms with Crippen LogP contribution in [-0.2, 0) is 17.6 Å². The SMILES string of the molecule is O=C(CSc1ncnc2c1oc1ccccc12)c1cc2c3c(c1)CC(=O)N3CCC2. The van der Waals surface area contributed by atoms with Gasteiger partial charge in [-0.2, -0.15) is 0 Å². The molecule has 0 atom stereocenters. The second-order valence-electron chi connectivity index (χ2n) is 7.64. The Hall–Kier alpha value is -3.19. The maximum Gasteiger partial charge on any atom is 0.231 e. The largest absolute Gasteiger partial charge is 0.451 e. The molecule has 0 saturated carbocycles. The van der Waals surface area contributed by atoms with Crippen LogP contribution >= 0.6 is 11.8 Å². The summed E-state index contributed by atoms with van der Waals surface area (Å²) in [6.45, 7) is 0.781. The van der Waals surface area contributed by atoms with Gasteiger partial charge in [0.25, 0.3) is 0 Å². The number of para-hydroxylation sites is 1. The van der Waals surface area contributed by atoms with Gasteiger partial charge in [-0.15, -0.1) is 0 Å². The summed E-state index contributed by atoms with van der Waals surface area (Å²) >= 11 is 1.36. The second-order valence-corrected chi connectivity index (χ2v) is 8.60. The van der Waals surface area contributed by atoms with E-state index < -0.39 is 0 Å². The quantitative estimate of drug-likeness (QED) is 0.283. The maximum atomic E-state index is 13.0. The normalized spacial score (nSPS) is 15.2. The van der Waals surface area contributed by atoms with E-state index in [1.54, 1.807) is 0 Å². The van der Waals surface area contributed by atoms with Crippen molar-refractivity contribution in [1.29, 1.82) is 0 Å². The molecule has 0 aliphatic carbocycles. The molecule has 0 unspecified atom stereocenters. The average Bonchev–Trinajstić information content (AvgIpc) is 3.31. The van der Waals surface area contributed by atoms with Crippen LogP contribution in [-0.4, -0.2) is 34.0 Å². The highest BCUT2D eigenvalue weighted by molar-refractivity contribution is 8.00. The molecule has 30 heavy (non-hydrogen) atoms. The Morgan fingerprint density at radius 2 is 2.03 bits per heavy atom. The number of hydrogen-bond donors (Lipinski definition) is 0. The first-order valence-electron chi connectivity index (χ1n) is 9.93. The smallest absolute Gasteiger partial charge is 0.231 e. The van der Waals surface area contributed by atoms with E-state index in [0.717, 1.165) is 52.7 Å². The van der Waals surface area contributed by atoms with Crippen LogP contribution in [0.15, 0.2) is 52.2 Å². The number of carbonyl (C=O) groups is 2. The van der Waals surface area contributed by atoms with Gasteiger partial charge >= 0.3 is 0 Å². The summed E-state index contributed by atoms with van der Waals surface area (Å²) in [4.78, 5) is 35.8. The lowest BCUT2D eigenvalue weighted by Gasteiger charge is -2.25. The number of hydrogen-bond acceptors (Lipinski definition) is 6. The Labute approximate surface area is 176 Å². The van der Waals surface area contributed by atoms with E-state index in [0.29, 0.717) is 22.6 Å². The zero-order valence-corrected chi connectivity index (χ0v) is 16.9. The van der Waals surface area contributed by atoms with Crippen molar-refractivity contribution < 1.29 is 14.0 Å². The molecule has 4 heterocycles. The Bertz CT molecular complexity index is 1360. The summed E-state index contributed by atoms with van der Waals surface area (Å²) in [7, 11) is 0. The van der Waals surface area contributed by atoms with Crippen molar-refractivity contribution in [3.05, 3.63) is 59.4 Å². The molecule has 2 aromatic carbocycles. The number of carbonyl (C=O) groups excluding carboxylic acids is 2. The standard InChI is InChI=1S/C23H17N3O3S/c27-17(14-8-13-4-3-7-26-19(28)10-15(9-14)21(13)26)11-30-23-22-20(24-12-25-23)16-5-1-2-6-18(16)29-22/h1-2,5-6,8-9,12H,3-4,7,10-11H2. The molecule has 0 N–H and O–H groups in total. The molecule has 6 rings (SSSR count). The molecular weight excluding hydrogens is 398 g/mol. The zero-order valence-electron chi connectivity index (χ0n) is 16.1. The number of aromatic nitrogens is 2. The number of furan rings is 1. The van der Waals surface area contributed by atoms with Crippen LogP contribution in [0.2, 0.25) is 0 Å². The van der Waals surface area contributed by atoms with Gasteiger partial charge in [0.1, 0.15) is 22.5 Å². The van der Waals surface area contributed by atoms with Crippen molar-refractivity contribution in [2.24, 2.45) is 0 Å². The first-order chi connectivity index (χ1) is 14.7. The average molecular weight is 415 g/mol. The second kappa shape index (κ2) is 6.67. The number of thioether (sulfide) groups is 1. The summed E-state index contributed by atoms with van der Waals surface area (Å²) in [5.74, 6) is 0.413. The molecule has 2 aliphatic rings. The summed E-state index contributed by atoms with van der Waals surface area (Å²) in [6, 6.07) is 11.6. The predicted octanol–water partition coefficient (Wildman–Crippen LogP) is 4.19. The van der Waals surface area contributed by atoms with E-state index in [2.05, 4.69) is 9.97 Å². The minimum Gasteiger partial charge on any atom is -0.451 e. The summed E-state index contributed by atoms with van der Waals surface area (Å²) < 4.78 is 5.95. The third-order valence-corrected chi connectivity index (χ3v) is 6.77. The van der Waals surface area contributed by atoms with Crippen LogP contribution in [0.4, 0.5) is 5.69 Å². The molecule has 0 saturated heterocycles. The lowest BCUT2D eigenvalue weighted by atomic mass is 9.96. The maximum absolute atomic E-state index is 13.0. The summed E-state index contributed by atoms with van der Waals surface area (Å²) in [6.07, 6.45) is 3.75. The highest BCUT2D eigenvalue weighted by atomic mass is 32.2. The predicted molar refractivity (Wildman–Crippen MR) is 115 cm³/mol. The monoisotopic (exact) mass is 415 g/mol. The van der Waals surface area contributed by atoms with E-state index in [9.17, 15) is 9.59 Å². The molecule has 148 valence electrons. The van der Waals surface area contributed by atoms with Crippen LogP contribution in [0.3, 0.4) is 0 Å². The lowest BCUT2D eigenvalue weighted by molar-refractivity contribution is -0.117. The van der Waals surface area contributed by atoms with E-state index >= 15 is 0 Å². The van der Waals surface area contributed by atoms with Crippen molar-refractivity contribution in [3.63, 3.8) is 0 Å². The molecule has 7 heteroatoms. The topological polar surface area (TPSA) is 76.3 Å². The van der Waals surface area contributed by atoms with Crippen molar-refractivity contribution in [3.8, 4) is 0 Å². The molecule has 6 nitrogen and oxygen atoms in total. The number of anilines is 1. The van der Waals surface area contributed by atoms with E-state index in [1.807, 2.05) is 41.3 Å². The highest BCUT2D eigenvalue weighted by Gasteiger charge is 2.32. The molecule has 1 amide bonds. The highest BCUT2D eigenvalue weighted by Crippen LogP contribution is 2.38. The Kier molecular flexibility index (Phi) is 3.92. The summed E-state index contributed by atoms with van der Waals surface area (Å²) in [5, 5.41) is 1.60. The van der Waals surface area contributed by atoms with Crippen LogP contribution < -0.4 is 4.90 Å². The minimum absolute atomic E-state index is 0.0263. The third kappa shape index (κ3) is 2.65. The van der Waals surface area contributed by atoms with Crippen LogP contribution in [0, 0.1) is 0 Å².